The first-order valence-corrected chi connectivity index (χ1v) is 7.29. The average Bonchev–Trinajstić information content (AvgIpc) is 2.48. The van der Waals surface area contributed by atoms with Gasteiger partial charge in [0.2, 0.25) is 0 Å². The number of nitro groups is 1. The third-order valence-electron chi connectivity index (χ3n) is 2.88. The van der Waals surface area contributed by atoms with Crippen molar-refractivity contribution in [3.05, 3.63) is 62.4 Å². The van der Waals surface area contributed by atoms with Gasteiger partial charge < -0.3 is 10.1 Å². The van der Waals surface area contributed by atoms with E-state index in [0.29, 0.717) is 10.0 Å². The lowest BCUT2D eigenvalue weighted by atomic mass is 10.2. The molecule has 0 aliphatic rings. The predicted octanol–water partition coefficient (Wildman–Crippen LogP) is 3.82. The van der Waals surface area contributed by atoms with E-state index < -0.39 is 23.3 Å². The monoisotopic (exact) mass is 382 g/mol. The number of amides is 1. The van der Waals surface area contributed by atoms with Crippen LogP contribution < -0.4 is 10.1 Å². The lowest BCUT2D eigenvalue weighted by Gasteiger charge is -2.09. The van der Waals surface area contributed by atoms with Gasteiger partial charge in [0.05, 0.1) is 10.6 Å². The smallest absolute Gasteiger partial charge is 0.311 e. The van der Waals surface area contributed by atoms with Crippen molar-refractivity contribution in [3.63, 3.8) is 0 Å². The quantitative estimate of drug-likeness (QED) is 0.629. The van der Waals surface area contributed by atoms with Gasteiger partial charge in [-0.15, -0.1) is 0 Å². The number of benzene rings is 2. The van der Waals surface area contributed by atoms with Crippen LogP contribution in [-0.2, 0) is 4.79 Å². The standard InChI is InChI=1S/C15H12BrFN2O4/c1-9-2-5-14(13(6-9)19(21)22)23-8-15(20)18-12-4-3-10(16)7-11(12)17/h2-7H,8H2,1H3,(H,18,20). The van der Waals surface area contributed by atoms with Crippen LogP contribution in [0.15, 0.2) is 40.9 Å². The number of carbonyl (C=O) groups excluding carboxylic acids is 1. The van der Waals surface area contributed by atoms with Crippen LogP contribution in [0.1, 0.15) is 5.56 Å². The number of rotatable bonds is 5. The molecule has 120 valence electrons. The normalized spacial score (nSPS) is 10.2. The molecule has 8 heteroatoms. The number of hydrogen-bond acceptors (Lipinski definition) is 4. The Morgan fingerprint density at radius 1 is 1.35 bits per heavy atom. The minimum absolute atomic E-state index is 0.000191. The Morgan fingerprint density at radius 3 is 2.74 bits per heavy atom. The Morgan fingerprint density at radius 2 is 2.09 bits per heavy atom. The fourth-order valence-electron chi connectivity index (χ4n) is 1.81. The molecule has 0 saturated carbocycles. The summed E-state index contributed by atoms with van der Waals surface area (Å²) in [5.74, 6) is -1.25. The molecule has 0 radical (unpaired) electrons. The number of carbonyl (C=O) groups is 1. The zero-order chi connectivity index (χ0) is 17.0. The van der Waals surface area contributed by atoms with E-state index in [4.69, 9.17) is 4.74 Å². The van der Waals surface area contributed by atoms with Gasteiger partial charge in [0.25, 0.3) is 5.91 Å². The molecule has 1 amide bonds. The van der Waals surface area contributed by atoms with Gasteiger partial charge in [-0.2, -0.15) is 0 Å². The van der Waals surface area contributed by atoms with Crippen LogP contribution in [0.25, 0.3) is 0 Å². The summed E-state index contributed by atoms with van der Waals surface area (Å²) in [5.41, 5.74) is 0.471. The zero-order valence-corrected chi connectivity index (χ0v) is 13.6. The molecular formula is C15H12BrFN2O4. The van der Waals surface area contributed by atoms with E-state index in [1.807, 2.05) is 0 Å². The highest BCUT2D eigenvalue weighted by Crippen LogP contribution is 2.27. The molecule has 0 bridgehead atoms. The third kappa shape index (κ3) is 4.49. The van der Waals surface area contributed by atoms with Gasteiger partial charge in [-0.1, -0.05) is 22.0 Å². The summed E-state index contributed by atoms with van der Waals surface area (Å²) >= 11 is 3.11. The SMILES string of the molecule is Cc1ccc(OCC(=O)Nc2ccc(Br)cc2F)c([N+](=O)[O-])c1. The van der Waals surface area contributed by atoms with E-state index in [1.54, 1.807) is 19.1 Å². The fraction of sp³-hybridized carbons (Fsp3) is 0.133. The van der Waals surface area contributed by atoms with Crippen LogP contribution in [0, 0.1) is 22.9 Å². The second-order valence-electron chi connectivity index (χ2n) is 4.69. The van der Waals surface area contributed by atoms with Crippen LogP contribution in [0.5, 0.6) is 5.75 Å². The number of nitrogens with zero attached hydrogens (tertiary/aromatic N) is 1. The molecule has 23 heavy (non-hydrogen) atoms. The molecule has 0 saturated heterocycles. The Kier molecular flexibility index (Phi) is 5.28. The van der Waals surface area contributed by atoms with Gasteiger partial charge in [-0.3, -0.25) is 14.9 Å². The Labute approximate surface area is 139 Å². The molecule has 0 heterocycles. The number of halogens is 2. The fourth-order valence-corrected chi connectivity index (χ4v) is 2.15. The molecule has 2 aromatic carbocycles. The van der Waals surface area contributed by atoms with Crippen molar-refractivity contribution in [2.24, 2.45) is 0 Å². The van der Waals surface area contributed by atoms with Gasteiger partial charge in [-0.05, 0) is 36.8 Å². The summed E-state index contributed by atoms with van der Waals surface area (Å²) in [6, 6.07) is 8.58. The molecule has 0 aliphatic heterocycles. The van der Waals surface area contributed by atoms with Crippen LogP contribution in [-0.4, -0.2) is 17.4 Å². The Hall–Kier alpha value is -2.48. The highest BCUT2D eigenvalue weighted by Gasteiger charge is 2.16. The minimum Gasteiger partial charge on any atom is -0.477 e. The third-order valence-corrected chi connectivity index (χ3v) is 3.37. The van der Waals surface area contributed by atoms with E-state index >= 15 is 0 Å². The van der Waals surface area contributed by atoms with Gasteiger partial charge in [0.15, 0.2) is 12.4 Å². The molecule has 0 spiro atoms. The first-order valence-electron chi connectivity index (χ1n) is 6.49. The van der Waals surface area contributed by atoms with E-state index in [-0.39, 0.29) is 17.1 Å². The number of nitrogens with one attached hydrogen (secondary N) is 1. The first kappa shape index (κ1) is 16.9. The summed E-state index contributed by atoms with van der Waals surface area (Å²) in [5, 5.41) is 13.3. The highest BCUT2D eigenvalue weighted by atomic mass is 79.9. The second kappa shape index (κ2) is 7.19. The van der Waals surface area contributed by atoms with Gasteiger partial charge in [0.1, 0.15) is 5.82 Å². The number of aryl methyl sites for hydroxylation is 1. The maximum Gasteiger partial charge on any atom is 0.311 e. The summed E-state index contributed by atoms with van der Waals surface area (Å²) in [7, 11) is 0. The number of ether oxygens (including phenoxy) is 1. The molecular weight excluding hydrogens is 371 g/mol. The molecule has 6 nitrogen and oxygen atoms in total. The largest absolute Gasteiger partial charge is 0.477 e. The highest BCUT2D eigenvalue weighted by molar-refractivity contribution is 9.10. The molecule has 0 atom stereocenters. The van der Waals surface area contributed by atoms with Crippen molar-refractivity contribution in [1.82, 2.24) is 0 Å². The number of nitro benzene ring substituents is 1. The number of anilines is 1. The van der Waals surface area contributed by atoms with Crippen molar-refractivity contribution in [2.45, 2.75) is 6.92 Å². The molecule has 0 aromatic heterocycles. The van der Waals surface area contributed by atoms with Gasteiger partial charge >= 0.3 is 5.69 Å². The van der Waals surface area contributed by atoms with E-state index in [2.05, 4.69) is 21.2 Å². The molecule has 2 aromatic rings. The van der Waals surface area contributed by atoms with E-state index in [1.165, 1.54) is 24.3 Å². The summed E-state index contributed by atoms with van der Waals surface area (Å²) in [4.78, 5) is 22.2. The predicted molar refractivity (Wildman–Crippen MR) is 86.1 cm³/mol. The van der Waals surface area contributed by atoms with Crippen molar-refractivity contribution < 1.29 is 18.8 Å². The van der Waals surface area contributed by atoms with Crippen LogP contribution in [0.2, 0.25) is 0 Å². The van der Waals surface area contributed by atoms with Crippen LogP contribution >= 0.6 is 15.9 Å². The van der Waals surface area contributed by atoms with Crippen molar-refractivity contribution >= 4 is 33.2 Å². The van der Waals surface area contributed by atoms with Crippen LogP contribution in [0.3, 0.4) is 0 Å². The Balaban J connectivity index is 2.03. The second-order valence-corrected chi connectivity index (χ2v) is 5.60. The van der Waals surface area contributed by atoms with Gasteiger partial charge in [0, 0.05) is 10.5 Å². The molecule has 1 N–H and O–H groups in total. The summed E-state index contributed by atoms with van der Waals surface area (Å²) in [6.07, 6.45) is 0. The molecule has 2 rings (SSSR count). The lowest BCUT2D eigenvalue weighted by molar-refractivity contribution is -0.385. The van der Waals surface area contributed by atoms with Crippen molar-refractivity contribution in [3.8, 4) is 5.75 Å². The molecule has 0 aliphatic carbocycles. The molecule has 0 unspecified atom stereocenters. The number of hydrogen-bond donors (Lipinski definition) is 1. The molecule has 0 fully saturated rings. The Bertz CT molecular complexity index is 767. The van der Waals surface area contributed by atoms with Gasteiger partial charge in [-0.25, -0.2) is 4.39 Å². The topological polar surface area (TPSA) is 81.5 Å². The van der Waals surface area contributed by atoms with Crippen molar-refractivity contribution in [1.29, 1.82) is 0 Å². The minimum atomic E-state index is -0.624. The first-order chi connectivity index (χ1) is 10.9. The average molecular weight is 383 g/mol. The summed E-state index contributed by atoms with van der Waals surface area (Å²) in [6.45, 7) is 1.24. The zero-order valence-electron chi connectivity index (χ0n) is 12.0. The van der Waals surface area contributed by atoms with E-state index in [9.17, 15) is 19.3 Å². The maximum atomic E-state index is 13.6. The van der Waals surface area contributed by atoms with Crippen LogP contribution in [0.4, 0.5) is 15.8 Å². The van der Waals surface area contributed by atoms with Crippen molar-refractivity contribution in [2.75, 3.05) is 11.9 Å². The summed E-state index contributed by atoms with van der Waals surface area (Å²) < 4.78 is 19.3. The maximum absolute atomic E-state index is 13.6. The lowest BCUT2D eigenvalue weighted by Crippen LogP contribution is -2.21. The van der Waals surface area contributed by atoms with E-state index in [0.717, 1.165) is 0 Å².